The fraction of sp³-hybridized carbons (Fsp3) is 0.625. The van der Waals surface area contributed by atoms with Crippen LogP contribution in [0.1, 0.15) is 37.3 Å². The van der Waals surface area contributed by atoms with Gasteiger partial charge in [-0.15, -0.1) is 0 Å². The van der Waals surface area contributed by atoms with Gasteiger partial charge in [0.2, 0.25) is 0 Å². The second-order valence-electron chi connectivity index (χ2n) is 5.96. The minimum atomic E-state index is 0.859. The van der Waals surface area contributed by atoms with Gasteiger partial charge in [0.05, 0.1) is 0 Å². The van der Waals surface area contributed by atoms with Gasteiger partial charge in [-0.05, 0) is 42.9 Å². The molecule has 0 aliphatic carbocycles. The molecular formula is C16H24N2. The summed E-state index contributed by atoms with van der Waals surface area (Å²) in [6.07, 6.45) is 5.37. The maximum absolute atomic E-state index is 3.56. The van der Waals surface area contributed by atoms with Crippen molar-refractivity contribution in [2.24, 2.45) is 5.92 Å². The second-order valence-corrected chi connectivity index (χ2v) is 5.96. The van der Waals surface area contributed by atoms with Crippen molar-refractivity contribution in [3.05, 3.63) is 29.3 Å². The summed E-state index contributed by atoms with van der Waals surface area (Å²) in [5.41, 5.74) is 4.43. The van der Waals surface area contributed by atoms with Crippen LogP contribution in [-0.4, -0.2) is 24.5 Å². The molecule has 2 nitrogen and oxygen atoms in total. The van der Waals surface area contributed by atoms with Gasteiger partial charge >= 0.3 is 0 Å². The minimum Gasteiger partial charge on any atom is -0.384 e. The highest BCUT2D eigenvalue weighted by atomic mass is 15.1. The minimum absolute atomic E-state index is 0.859. The smallest absolute Gasteiger partial charge is 0.0419 e. The van der Waals surface area contributed by atoms with Crippen LogP contribution in [0.5, 0.6) is 0 Å². The zero-order valence-electron chi connectivity index (χ0n) is 11.4. The summed E-state index contributed by atoms with van der Waals surface area (Å²) in [5.74, 6) is 0.859. The van der Waals surface area contributed by atoms with E-state index in [2.05, 4.69) is 35.3 Å². The Hall–Kier alpha value is -1.02. The van der Waals surface area contributed by atoms with Crippen molar-refractivity contribution >= 4 is 5.69 Å². The van der Waals surface area contributed by atoms with E-state index in [1.54, 1.807) is 0 Å². The van der Waals surface area contributed by atoms with Crippen molar-refractivity contribution < 1.29 is 0 Å². The van der Waals surface area contributed by atoms with E-state index in [1.807, 2.05) is 0 Å². The number of rotatable bonds is 2. The second kappa shape index (κ2) is 5.31. The lowest BCUT2D eigenvalue weighted by atomic mass is 10.1. The van der Waals surface area contributed by atoms with Crippen LogP contribution >= 0.6 is 0 Å². The monoisotopic (exact) mass is 244 g/mol. The molecule has 1 aromatic carbocycles. The van der Waals surface area contributed by atoms with Crippen LogP contribution < -0.4 is 5.32 Å². The zero-order chi connectivity index (χ0) is 12.4. The lowest BCUT2D eigenvalue weighted by molar-refractivity contribution is 0.248. The first-order chi connectivity index (χ1) is 8.83. The maximum Gasteiger partial charge on any atom is 0.0419 e. The number of hydrogen-bond donors (Lipinski definition) is 1. The van der Waals surface area contributed by atoms with E-state index in [4.69, 9.17) is 0 Å². The van der Waals surface area contributed by atoms with Crippen molar-refractivity contribution in [1.29, 1.82) is 0 Å². The van der Waals surface area contributed by atoms with Gasteiger partial charge in [0, 0.05) is 25.3 Å². The van der Waals surface area contributed by atoms with Crippen LogP contribution in [0.25, 0.3) is 0 Å². The van der Waals surface area contributed by atoms with E-state index in [9.17, 15) is 0 Å². The molecule has 1 saturated heterocycles. The van der Waals surface area contributed by atoms with Crippen molar-refractivity contribution in [1.82, 2.24) is 4.90 Å². The average Bonchev–Trinajstić information content (AvgIpc) is 2.75. The molecular weight excluding hydrogens is 220 g/mol. The molecule has 1 aromatic rings. The molecule has 2 heterocycles. The zero-order valence-corrected chi connectivity index (χ0v) is 11.4. The van der Waals surface area contributed by atoms with E-state index in [0.717, 1.165) is 19.0 Å². The van der Waals surface area contributed by atoms with Crippen LogP contribution in [0.15, 0.2) is 18.2 Å². The molecule has 1 N–H and O–H groups in total. The molecule has 0 aromatic heterocycles. The predicted molar refractivity (Wildman–Crippen MR) is 76.9 cm³/mol. The fourth-order valence-corrected chi connectivity index (χ4v) is 3.38. The SMILES string of the molecule is CC1CCCCN(Cc2cccc3c2NCC3)C1. The van der Waals surface area contributed by atoms with Gasteiger partial charge in [0.15, 0.2) is 0 Å². The number of fused-ring (bicyclic) bond motifs is 1. The Morgan fingerprint density at radius 2 is 2.28 bits per heavy atom. The van der Waals surface area contributed by atoms with Gasteiger partial charge in [-0.3, -0.25) is 4.90 Å². The first-order valence-corrected chi connectivity index (χ1v) is 7.40. The molecule has 1 fully saturated rings. The van der Waals surface area contributed by atoms with Crippen molar-refractivity contribution in [2.45, 2.75) is 39.2 Å². The summed E-state index contributed by atoms with van der Waals surface area (Å²) < 4.78 is 0. The number of likely N-dealkylation sites (tertiary alicyclic amines) is 1. The van der Waals surface area contributed by atoms with Crippen LogP contribution in [-0.2, 0) is 13.0 Å². The lowest BCUT2D eigenvalue weighted by Crippen LogP contribution is -2.27. The molecule has 3 rings (SSSR count). The third-order valence-electron chi connectivity index (χ3n) is 4.32. The van der Waals surface area contributed by atoms with Crippen LogP contribution in [0.3, 0.4) is 0 Å². The van der Waals surface area contributed by atoms with E-state index in [1.165, 1.54) is 55.6 Å². The van der Waals surface area contributed by atoms with E-state index < -0.39 is 0 Å². The first-order valence-electron chi connectivity index (χ1n) is 7.40. The summed E-state index contributed by atoms with van der Waals surface area (Å²) >= 11 is 0. The highest BCUT2D eigenvalue weighted by Gasteiger charge is 2.18. The molecule has 2 aliphatic heterocycles. The van der Waals surface area contributed by atoms with Gasteiger partial charge < -0.3 is 5.32 Å². The predicted octanol–water partition coefficient (Wildman–Crippen LogP) is 3.28. The van der Waals surface area contributed by atoms with E-state index in [0.29, 0.717) is 0 Å². The van der Waals surface area contributed by atoms with Crippen molar-refractivity contribution in [3.63, 3.8) is 0 Å². The molecule has 0 radical (unpaired) electrons. The number of hydrogen-bond acceptors (Lipinski definition) is 2. The summed E-state index contributed by atoms with van der Waals surface area (Å²) in [6.45, 7) is 7.17. The number of anilines is 1. The summed E-state index contributed by atoms with van der Waals surface area (Å²) in [4.78, 5) is 2.65. The highest BCUT2D eigenvalue weighted by Crippen LogP contribution is 2.28. The van der Waals surface area contributed by atoms with Gasteiger partial charge in [-0.1, -0.05) is 31.5 Å². The molecule has 1 atom stereocenters. The quantitative estimate of drug-likeness (QED) is 0.859. The Kier molecular flexibility index (Phi) is 3.55. The number of nitrogens with zero attached hydrogens (tertiary/aromatic N) is 1. The third-order valence-corrected chi connectivity index (χ3v) is 4.32. The maximum atomic E-state index is 3.56. The number of benzene rings is 1. The van der Waals surface area contributed by atoms with Crippen LogP contribution in [0.2, 0.25) is 0 Å². The fourth-order valence-electron chi connectivity index (χ4n) is 3.38. The summed E-state index contributed by atoms with van der Waals surface area (Å²) in [7, 11) is 0. The molecule has 2 heteroatoms. The molecule has 2 aliphatic rings. The Morgan fingerprint density at radius 3 is 3.22 bits per heavy atom. The molecule has 1 unspecified atom stereocenters. The Balaban J connectivity index is 1.74. The lowest BCUT2D eigenvalue weighted by Gasteiger charge is -2.23. The van der Waals surface area contributed by atoms with Crippen molar-refractivity contribution in [2.75, 3.05) is 25.0 Å². The Morgan fingerprint density at radius 1 is 1.33 bits per heavy atom. The number of para-hydroxylation sites is 1. The largest absolute Gasteiger partial charge is 0.384 e. The first kappa shape index (κ1) is 12.0. The molecule has 98 valence electrons. The molecule has 18 heavy (non-hydrogen) atoms. The van der Waals surface area contributed by atoms with Crippen LogP contribution in [0, 0.1) is 5.92 Å². The standard InChI is InChI=1S/C16H24N2/c1-13-5-2-3-10-18(11-13)12-15-7-4-6-14-8-9-17-16(14)15/h4,6-7,13,17H,2-3,5,8-12H2,1H3. The third kappa shape index (κ3) is 2.54. The number of nitrogens with one attached hydrogen (secondary N) is 1. The Bertz CT molecular complexity index is 414. The van der Waals surface area contributed by atoms with Gasteiger partial charge in [-0.2, -0.15) is 0 Å². The summed E-state index contributed by atoms with van der Waals surface area (Å²) in [6, 6.07) is 6.79. The molecule has 0 amide bonds. The highest BCUT2D eigenvalue weighted by molar-refractivity contribution is 5.61. The molecule has 0 bridgehead atoms. The van der Waals surface area contributed by atoms with E-state index in [-0.39, 0.29) is 0 Å². The normalized spacial score (nSPS) is 24.4. The summed E-state index contributed by atoms with van der Waals surface area (Å²) in [5, 5.41) is 3.56. The molecule has 0 saturated carbocycles. The Labute approximate surface area is 110 Å². The van der Waals surface area contributed by atoms with Crippen LogP contribution in [0.4, 0.5) is 5.69 Å². The molecule has 0 spiro atoms. The average molecular weight is 244 g/mol. The van der Waals surface area contributed by atoms with Crippen molar-refractivity contribution in [3.8, 4) is 0 Å². The van der Waals surface area contributed by atoms with E-state index >= 15 is 0 Å². The van der Waals surface area contributed by atoms with Gasteiger partial charge in [0.1, 0.15) is 0 Å². The van der Waals surface area contributed by atoms with Gasteiger partial charge in [-0.25, -0.2) is 0 Å². The van der Waals surface area contributed by atoms with Gasteiger partial charge in [0.25, 0.3) is 0 Å². The topological polar surface area (TPSA) is 15.3 Å².